The maximum atomic E-state index is 5.56. The highest BCUT2D eigenvalue weighted by Crippen LogP contribution is 2.17. The van der Waals surface area contributed by atoms with Crippen LogP contribution in [-0.4, -0.2) is 31.5 Å². The quantitative estimate of drug-likeness (QED) is 0.811. The summed E-state index contributed by atoms with van der Waals surface area (Å²) in [6.07, 6.45) is 3.74. The first-order valence-corrected chi connectivity index (χ1v) is 6.99. The van der Waals surface area contributed by atoms with Crippen molar-refractivity contribution in [2.45, 2.75) is 25.4 Å². The van der Waals surface area contributed by atoms with Crippen LogP contribution < -0.4 is 15.4 Å². The van der Waals surface area contributed by atoms with Crippen molar-refractivity contribution in [3.63, 3.8) is 0 Å². The molecule has 19 heavy (non-hydrogen) atoms. The Balaban J connectivity index is 1.70. The van der Waals surface area contributed by atoms with Crippen LogP contribution in [0.3, 0.4) is 0 Å². The Morgan fingerprint density at radius 3 is 3.16 bits per heavy atom. The van der Waals surface area contributed by atoms with Crippen molar-refractivity contribution in [1.82, 2.24) is 5.32 Å². The van der Waals surface area contributed by atoms with Crippen LogP contribution in [0.15, 0.2) is 24.3 Å². The molecule has 104 valence electrons. The van der Waals surface area contributed by atoms with Crippen molar-refractivity contribution in [2.24, 2.45) is 0 Å². The molecule has 0 aliphatic carbocycles. The Hall–Kier alpha value is -1.33. The zero-order valence-corrected chi connectivity index (χ0v) is 12.0. The van der Waals surface area contributed by atoms with Gasteiger partial charge in [0.25, 0.3) is 0 Å². The largest absolute Gasteiger partial charge is 0.497 e. The molecule has 1 saturated heterocycles. The van der Waals surface area contributed by atoms with E-state index in [4.69, 9.17) is 21.7 Å². The molecule has 0 amide bonds. The van der Waals surface area contributed by atoms with Crippen LogP contribution in [0.5, 0.6) is 5.75 Å². The molecular formula is C14H20N2O2S. The minimum Gasteiger partial charge on any atom is -0.497 e. The van der Waals surface area contributed by atoms with Crippen LogP contribution in [-0.2, 0) is 4.74 Å². The van der Waals surface area contributed by atoms with E-state index in [1.165, 1.54) is 6.42 Å². The number of ether oxygens (including phenoxy) is 2. The van der Waals surface area contributed by atoms with E-state index >= 15 is 0 Å². The predicted octanol–water partition coefficient (Wildman–Crippen LogP) is 2.55. The van der Waals surface area contributed by atoms with Gasteiger partial charge in [0.15, 0.2) is 5.11 Å². The van der Waals surface area contributed by atoms with E-state index < -0.39 is 0 Å². The molecule has 1 unspecified atom stereocenters. The van der Waals surface area contributed by atoms with Crippen LogP contribution in [0.4, 0.5) is 5.69 Å². The molecule has 0 spiro atoms. The number of rotatable bonds is 5. The van der Waals surface area contributed by atoms with Gasteiger partial charge >= 0.3 is 0 Å². The Kier molecular flexibility index (Phi) is 5.42. The topological polar surface area (TPSA) is 42.5 Å². The average molecular weight is 280 g/mol. The van der Waals surface area contributed by atoms with Gasteiger partial charge in [0, 0.05) is 24.9 Å². The SMILES string of the molecule is COc1cccc(NC(=S)NCCC2CCCO2)c1. The third-order valence-corrected chi connectivity index (χ3v) is 3.35. The summed E-state index contributed by atoms with van der Waals surface area (Å²) >= 11 is 5.25. The summed E-state index contributed by atoms with van der Waals surface area (Å²) in [7, 11) is 1.65. The number of anilines is 1. The van der Waals surface area contributed by atoms with Gasteiger partial charge in [-0.1, -0.05) is 6.07 Å². The summed E-state index contributed by atoms with van der Waals surface area (Å²) in [6, 6.07) is 7.69. The van der Waals surface area contributed by atoms with Crippen LogP contribution in [0.25, 0.3) is 0 Å². The van der Waals surface area contributed by atoms with Crippen molar-refractivity contribution in [2.75, 3.05) is 25.6 Å². The molecule has 4 nitrogen and oxygen atoms in total. The molecule has 1 aliphatic rings. The number of methoxy groups -OCH3 is 1. The third kappa shape index (κ3) is 4.69. The van der Waals surface area contributed by atoms with Crippen LogP contribution in [0.2, 0.25) is 0 Å². The van der Waals surface area contributed by atoms with E-state index in [1.54, 1.807) is 7.11 Å². The van der Waals surface area contributed by atoms with Crippen molar-refractivity contribution in [3.8, 4) is 5.75 Å². The van der Waals surface area contributed by atoms with Crippen LogP contribution in [0, 0.1) is 0 Å². The minimum absolute atomic E-state index is 0.395. The zero-order chi connectivity index (χ0) is 13.5. The highest BCUT2D eigenvalue weighted by atomic mass is 32.1. The first kappa shape index (κ1) is 14.1. The molecule has 2 N–H and O–H groups in total. The van der Waals surface area contributed by atoms with E-state index in [-0.39, 0.29) is 0 Å². The summed E-state index contributed by atoms with van der Waals surface area (Å²) in [6.45, 7) is 1.73. The lowest BCUT2D eigenvalue weighted by molar-refractivity contribution is 0.105. The smallest absolute Gasteiger partial charge is 0.170 e. The lowest BCUT2D eigenvalue weighted by atomic mass is 10.2. The molecule has 0 saturated carbocycles. The van der Waals surface area contributed by atoms with Crippen LogP contribution >= 0.6 is 12.2 Å². The van der Waals surface area contributed by atoms with Gasteiger partial charge < -0.3 is 20.1 Å². The summed E-state index contributed by atoms with van der Waals surface area (Å²) in [4.78, 5) is 0. The molecular weight excluding hydrogens is 260 g/mol. The number of hydrogen-bond donors (Lipinski definition) is 2. The van der Waals surface area contributed by atoms with Gasteiger partial charge in [0.2, 0.25) is 0 Å². The normalized spacial score (nSPS) is 18.1. The predicted molar refractivity (Wildman–Crippen MR) is 80.8 cm³/mol. The van der Waals surface area contributed by atoms with E-state index in [0.29, 0.717) is 11.2 Å². The van der Waals surface area contributed by atoms with E-state index in [0.717, 1.165) is 37.4 Å². The second-order valence-electron chi connectivity index (χ2n) is 4.54. The van der Waals surface area contributed by atoms with Gasteiger partial charge in [0.05, 0.1) is 13.2 Å². The monoisotopic (exact) mass is 280 g/mol. The molecule has 0 aromatic heterocycles. The molecule has 1 atom stereocenters. The van der Waals surface area contributed by atoms with Gasteiger partial charge in [-0.3, -0.25) is 0 Å². The van der Waals surface area contributed by atoms with E-state index in [1.807, 2.05) is 24.3 Å². The Labute approximate surface area is 119 Å². The Morgan fingerprint density at radius 2 is 2.42 bits per heavy atom. The second-order valence-corrected chi connectivity index (χ2v) is 4.94. The Morgan fingerprint density at radius 1 is 1.53 bits per heavy atom. The molecule has 1 heterocycles. The van der Waals surface area contributed by atoms with Crippen molar-refractivity contribution in [1.29, 1.82) is 0 Å². The van der Waals surface area contributed by atoms with Crippen molar-refractivity contribution >= 4 is 23.0 Å². The molecule has 0 radical (unpaired) electrons. The van der Waals surface area contributed by atoms with Crippen molar-refractivity contribution in [3.05, 3.63) is 24.3 Å². The first-order valence-electron chi connectivity index (χ1n) is 6.58. The molecule has 5 heteroatoms. The second kappa shape index (κ2) is 7.31. The Bertz CT molecular complexity index is 420. The zero-order valence-electron chi connectivity index (χ0n) is 11.1. The molecule has 1 aliphatic heterocycles. The highest BCUT2D eigenvalue weighted by molar-refractivity contribution is 7.80. The molecule has 1 aromatic rings. The maximum absolute atomic E-state index is 5.56. The van der Waals surface area contributed by atoms with Crippen molar-refractivity contribution < 1.29 is 9.47 Å². The van der Waals surface area contributed by atoms with Gasteiger partial charge in [-0.25, -0.2) is 0 Å². The molecule has 0 bridgehead atoms. The average Bonchev–Trinajstić information content (AvgIpc) is 2.92. The summed E-state index contributed by atoms with van der Waals surface area (Å²) in [5.74, 6) is 0.812. The maximum Gasteiger partial charge on any atom is 0.170 e. The van der Waals surface area contributed by atoms with E-state index in [9.17, 15) is 0 Å². The lowest BCUT2D eigenvalue weighted by Gasteiger charge is -2.13. The third-order valence-electron chi connectivity index (χ3n) is 3.10. The van der Waals surface area contributed by atoms with Crippen LogP contribution in [0.1, 0.15) is 19.3 Å². The fraction of sp³-hybridized carbons (Fsp3) is 0.500. The molecule has 1 fully saturated rings. The lowest BCUT2D eigenvalue weighted by Crippen LogP contribution is -2.30. The summed E-state index contributed by atoms with van der Waals surface area (Å²) in [5.41, 5.74) is 0.925. The van der Waals surface area contributed by atoms with Gasteiger partial charge in [-0.15, -0.1) is 0 Å². The number of benzene rings is 1. The fourth-order valence-electron chi connectivity index (χ4n) is 2.09. The first-order chi connectivity index (χ1) is 9.28. The highest BCUT2D eigenvalue weighted by Gasteiger charge is 2.14. The number of nitrogens with one attached hydrogen (secondary N) is 2. The summed E-state index contributed by atoms with van der Waals surface area (Å²) < 4.78 is 10.7. The minimum atomic E-state index is 0.395. The fourth-order valence-corrected chi connectivity index (χ4v) is 2.31. The van der Waals surface area contributed by atoms with E-state index in [2.05, 4.69) is 10.6 Å². The summed E-state index contributed by atoms with van der Waals surface area (Å²) in [5, 5.41) is 6.97. The van der Waals surface area contributed by atoms with Gasteiger partial charge in [0.1, 0.15) is 5.75 Å². The van der Waals surface area contributed by atoms with Gasteiger partial charge in [-0.2, -0.15) is 0 Å². The standard InChI is InChI=1S/C14H20N2O2S/c1-17-13-5-2-4-11(10-13)16-14(19)15-8-7-12-6-3-9-18-12/h2,4-5,10,12H,3,6-9H2,1H3,(H2,15,16,19). The molecule has 2 rings (SSSR count). The molecule has 1 aromatic carbocycles. The number of hydrogen-bond acceptors (Lipinski definition) is 3. The number of thiocarbonyl (C=S) groups is 1. The van der Waals surface area contributed by atoms with Gasteiger partial charge in [-0.05, 0) is 43.6 Å².